The minimum atomic E-state index is -0.314. The number of hydrogen-bond donors (Lipinski definition) is 0. The van der Waals surface area contributed by atoms with Crippen LogP contribution in [-0.2, 0) is 30.9 Å². The molecule has 0 fully saturated rings. The number of hydrogen-bond acceptors (Lipinski definition) is 4. The molecule has 0 bridgehead atoms. The molecule has 48 heavy (non-hydrogen) atoms. The van der Waals surface area contributed by atoms with Crippen molar-refractivity contribution >= 4 is 21.9 Å². The first-order valence-corrected chi connectivity index (χ1v) is 15.4. The van der Waals surface area contributed by atoms with Gasteiger partial charge >= 0.3 is 0 Å². The summed E-state index contributed by atoms with van der Waals surface area (Å²) in [5.74, 6) is 0. The molecular weight excluding hydrogens is 767 g/mol. The summed E-state index contributed by atoms with van der Waals surface area (Å²) in [4.78, 5) is 8.44. The fourth-order valence-electron chi connectivity index (χ4n) is 5.54. The summed E-state index contributed by atoms with van der Waals surface area (Å²) in [7, 11) is 0. The molecule has 241 valence electrons. The number of furan rings is 1. The van der Waals surface area contributed by atoms with Gasteiger partial charge in [-0.3, -0.25) is 0 Å². The second-order valence-corrected chi connectivity index (χ2v) is 13.3. The monoisotopic (exact) mass is 809 g/mol. The number of aromatic nitrogens is 2. The van der Waals surface area contributed by atoms with Gasteiger partial charge in [-0.05, 0) is 46.0 Å². The number of pyridine rings is 2. The first-order chi connectivity index (χ1) is 24.6. The van der Waals surface area contributed by atoms with Crippen LogP contribution in [0.5, 0.6) is 0 Å². The van der Waals surface area contributed by atoms with Crippen LogP contribution in [0.3, 0.4) is 0 Å². The topological polar surface area (TPSA) is 62.7 Å². The average molecular weight is 809 g/mol. The van der Waals surface area contributed by atoms with Crippen molar-refractivity contribution in [3.05, 3.63) is 144 Å². The van der Waals surface area contributed by atoms with Crippen molar-refractivity contribution in [2.45, 2.75) is 52.4 Å². The predicted octanol–water partition coefficient (Wildman–Crippen LogP) is 11.1. The third kappa shape index (κ3) is 7.02. The zero-order valence-electron chi connectivity index (χ0n) is 32.7. The molecule has 0 aliphatic heterocycles. The summed E-state index contributed by atoms with van der Waals surface area (Å²) in [6, 6.07) is 33.0. The van der Waals surface area contributed by atoms with Crippen molar-refractivity contribution in [2.24, 2.45) is 0 Å². The molecule has 5 heteroatoms. The van der Waals surface area contributed by atoms with Crippen molar-refractivity contribution in [1.82, 2.24) is 9.97 Å². The summed E-state index contributed by atoms with van der Waals surface area (Å²) in [5.41, 5.74) is 7.82. The Morgan fingerprint density at radius 1 is 0.812 bits per heavy atom. The zero-order valence-corrected chi connectivity index (χ0v) is 30.1. The molecular formula is C43H37IrN3O-2. The van der Waals surface area contributed by atoms with Crippen LogP contribution in [-0.4, -0.2) is 9.97 Å². The van der Waals surface area contributed by atoms with Crippen LogP contribution in [0.2, 0.25) is 0 Å². The molecule has 0 aliphatic rings. The van der Waals surface area contributed by atoms with Crippen molar-refractivity contribution in [3.8, 4) is 39.7 Å². The molecule has 3 aromatic heterocycles. The van der Waals surface area contributed by atoms with E-state index in [0.717, 1.165) is 38.6 Å². The number of fused-ring (bicyclic) bond motifs is 3. The number of rotatable bonds is 3. The van der Waals surface area contributed by atoms with Crippen molar-refractivity contribution in [2.75, 3.05) is 0 Å². The molecule has 0 spiro atoms. The van der Waals surface area contributed by atoms with Crippen LogP contribution in [0.25, 0.3) is 55.6 Å². The molecule has 0 saturated carbocycles. The smallest absolute Gasteiger partial charge is 0.130 e. The van der Waals surface area contributed by atoms with Gasteiger partial charge < -0.3 is 14.4 Å². The molecule has 0 N–H and O–H groups in total. The molecule has 7 rings (SSSR count). The van der Waals surface area contributed by atoms with E-state index in [9.17, 15) is 5.26 Å². The fourth-order valence-corrected chi connectivity index (χ4v) is 5.54. The standard InChI is InChI=1S/C28H21N2O.C15H16N.Ir/c1-28(2,3)22-15-14-20(23-11-7-8-16-30-23)26-25(22)21-13-12-19(17-29)24(27(21)31-26)18-9-5-4-6-10-18;1-15(2,3)13-8-6-7-12(11-13)14-9-4-5-10-16-14;/h4-13,15-16H,1-3H3;4-6,8-11H,1-3H3;/q2*-1;/i7D;4D,5D,9D,10D;. The minimum absolute atomic E-state index is 0. The van der Waals surface area contributed by atoms with E-state index in [4.69, 9.17) is 11.3 Å². The average Bonchev–Trinajstić information content (AvgIpc) is 3.51. The molecule has 0 amide bonds. The molecule has 7 aromatic rings. The summed E-state index contributed by atoms with van der Waals surface area (Å²) in [5, 5.41) is 11.8. The molecule has 0 unspecified atom stereocenters. The van der Waals surface area contributed by atoms with E-state index in [1.54, 1.807) is 24.4 Å². The Balaban J connectivity index is 0.000000223. The number of nitriles is 1. The van der Waals surface area contributed by atoms with E-state index in [-0.39, 0.29) is 60.9 Å². The Morgan fingerprint density at radius 2 is 1.60 bits per heavy atom. The van der Waals surface area contributed by atoms with Crippen LogP contribution in [0.4, 0.5) is 0 Å². The van der Waals surface area contributed by atoms with Gasteiger partial charge in [0.25, 0.3) is 0 Å². The van der Waals surface area contributed by atoms with Gasteiger partial charge in [-0.25, -0.2) is 0 Å². The van der Waals surface area contributed by atoms with Gasteiger partial charge in [-0.2, -0.15) is 5.26 Å². The molecule has 3 heterocycles. The van der Waals surface area contributed by atoms with Gasteiger partial charge in [0.15, 0.2) is 0 Å². The Hall–Kier alpha value is -4.88. The molecule has 0 saturated heterocycles. The van der Waals surface area contributed by atoms with E-state index >= 15 is 0 Å². The third-order valence-corrected chi connectivity index (χ3v) is 7.96. The van der Waals surface area contributed by atoms with Crippen molar-refractivity contribution in [3.63, 3.8) is 0 Å². The fraction of sp³-hybridized carbons (Fsp3) is 0.186. The normalized spacial score (nSPS) is 12.8. The first kappa shape index (κ1) is 28.2. The maximum Gasteiger partial charge on any atom is 0.130 e. The summed E-state index contributed by atoms with van der Waals surface area (Å²) in [6.07, 6.45) is 1.34. The van der Waals surface area contributed by atoms with Crippen LogP contribution in [0.1, 0.15) is 65.1 Å². The van der Waals surface area contributed by atoms with Gasteiger partial charge in [0.2, 0.25) is 0 Å². The maximum absolute atomic E-state index is 9.83. The maximum atomic E-state index is 9.83. The van der Waals surface area contributed by atoms with E-state index in [0.29, 0.717) is 34.0 Å². The molecule has 0 aliphatic carbocycles. The van der Waals surface area contributed by atoms with Crippen LogP contribution < -0.4 is 0 Å². The number of benzene rings is 4. The van der Waals surface area contributed by atoms with E-state index < -0.39 is 0 Å². The van der Waals surface area contributed by atoms with E-state index in [1.165, 1.54) is 0 Å². The minimum Gasteiger partial charge on any atom is -0.500 e. The second-order valence-electron chi connectivity index (χ2n) is 13.3. The van der Waals surface area contributed by atoms with E-state index in [1.807, 2.05) is 60.7 Å². The summed E-state index contributed by atoms with van der Waals surface area (Å²) < 4.78 is 45.3. The molecule has 4 aromatic carbocycles. The Morgan fingerprint density at radius 3 is 2.31 bits per heavy atom. The van der Waals surface area contributed by atoms with Gasteiger partial charge in [-0.15, -0.1) is 53.1 Å². The van der Waals surface area contributed by atoms with Crippen LogP contribution in [0.15, 0.2) is 120 Å². The van der Waals surface area contributed by atoms with Crippen molar-refractivity contribution < 1.29 is 31.4 Å². The first-order valence-electron chi connectivity index (χ1n) is 17.9. The molecule has 0 atom stereocenters. The quantitative estimate of drug-likeness (QED) is 0.167. The van der Waals surface area contributed by atoms with Crippen LogP contribution in [0, 0.1) is 23.5 Å². The zero-order chi connectivity index (χ0) is 37.5. The largest absolute Gasteiger partial charge is 0.500 e. The Labute approximate surface area is 303 Å². The van der Waals surface area contributed by atoms with Gasteiger partial charge in [0.05, 0.1) is 24.1 Å². The van der Waals surface area contributed by atoms with E-state index in [2.05, 4.69) is 69.7 Å². The Kier molecular flexibility index (Phi) is 8.26. The second kappa shape index (κ2) is 14.1. The third-order valence-electron chi connectivity index (χ3n) is 7.96. The SMILES string of the molecule is [2H]c1ccnc(-c2[c-]cc(C(C)(C)C)c3c2oc2c(-c4ccccc4)c(C#N)ccc23)c1.[2H]c1nc(-c2[c-]ccc(C(C)(C)C)c2)c([2H])c([2H])c1[2H].[Ir]. The van der Waals surface area contributed by atoms with Gasteiger partial charge in [-0.1, -0.05) is 113 Å². The summed E-state index contributed by atoms with van der Waals surface area (Å²) >= 11 is 0. The Bertz CT molecular complexity index is 2510. The van der Waals surface area contributed by atoms with Crippen LogP contribution >= 0.6 is 0 Å². The predicted molar refractivity (Wildman–Crippen MR) is 192 cm³/mol. The summed E-state index contributed by atoms with van der Waals surface area (Å²) in [6.45, 7) is 12.7. The number of nitrogens with zero attached hydrogens (tertiary/aromatic N) is 3. The molecule has 4 nitrogen and oxygen atoms in total. The van der Waals surface area contributed by atoms with Crippen molar-refractivity contribution in [1.29, 1.82) is 5.26 Å². The van der Waals surface area contributed by atoms with Gasteiger partial charge in [0, 0.05) is 43.4 Å². The molecule has 1 radical (unpaired) electrons. The van der Waals surface area contributed by atoms with Gasteiger partial charge in [0.1, 0.15) is 5.58 Å².